The lowest BCUT2D eigenvalue weighted by atomic mass is 10.1. The van der Waals surface area contributed by atoms with Gasteiger partial charge in [-0.15, -0.1) is 0 Å². The maximum atomic E-state index is 13.8. The average molecular weight is 497 g/mol. The van der Waals surface area contributed by atoms with Crippen molar-refractivity contribution in [2.45, 2.75) is 30.2 Å². The van der Waals surface area contributed by atoms with E-state index in [1.165, 1.54) is 16.4 Å². The Morgan fingerprint density at radius 3 is 2.31 bits per heavy atom. The molecule has 4 rings (SSSR count). The van der Waals surface area contributed by atoms with Crippen LogP contribution in [0, 0.1) is 5.82 Å². The first-order chi connectivity index (χ1) is 16.9. The fraction of sp³-hybridized carbons (Fsp3) is 0.296. The number of hydrogen-bond acceptors (Lipinski definition) is 4. The third kappa shape index (κ3) is 5.89. The second-order valence-corrected chi connectivity index (χ2v) is 10.5. The SMILES string of the molecule is CN1CCCCN(S(=O)(=O)c2ccc(F)cc2)[C@@H](Cc2ccccc2)COc2ccccc2C1=O. The quantitative estimate of drug-likeness (QED) is 0.538. The summed E-state index contributed by atoms with van der Waals surface area (Å²) in [5, 5.41) is 0. The van der Waals surface area contributed by atoms with E-state index in [2.05, 4.69) is 0 Å². The van der Waals surface area contributed by atoms with E-state index in [9.17, 15) is 17.6 Å². The van der Waals surface area contributed by atoms with Crippen molar-refractivity contribution in [1.29, 1.82) is 0 Å². The van der Waals surface area contributed by atoms with Crippen LogP contribution in [0.2, 0.25) is 0 Å². The van der Waals surface area contributed by atoms with Crippen molar-refractivity contribution in [2.24, 2.45) is 0 Å². The van der Waals surface area contributed by atoms with E-state index >= 15 is 0 Å². The number of fused-ring (bicyclic) bond motifs is 1. The molecule has 0 saturated carbocycles. The van der Waals surface area contributed by atoms with Gasteiger partial charge in [0.25, 0.3) is 5.91 Å². The van der Waals surface area contributed by atoms with E-state index < -0.39 is 21.9 Å². The molecule has 0 saturated heterocycles. The van der Waals surface area contributed by atoms with E-state index in [1.54, 1.807) is 36.2 Å². The molecule has 184 valence electrons. The third-order valence-electron chi connectivity index (χ3n) is 6.16. The van der Waals surface area contributed by atoms with Gasteiger partial charge >= 0.3 is 0 Å². The fourth-order valence-corrected chi connectivity index (χ4v) is 5.90. The Hall–Kier alpha value is -3.23. The number of benzene rings is 3. The van der Waals surface area contributed by atoms with Crippen LogP contribution in [-0.2, 0) is 16.4 Å². The van der Waals surface area contributed by atoms with Crippen molar-refractivity contribution in [2.75, 3.05) is 26.7 Å². The van der Waals surface area contributed by atoms with Crippen LogP contribution in [-0.4, -0.2) is 56.3 Å². The van der Waals surface area contributed by atoms with Gasteiger partial charge < -0.3 is 9.64 Å². The molecule has 0 unspecified atom stereocenters. The van der Waals surface area contributed by atoms with Gasteiger partial charge in [-0.3, -0.25) is 4.79 Å². The highest BCUT2D eigenvalue weighted by atomic mass is 32.2. The Bertz CT molecular complexity index is 1250. The van der Waals surface area contributed by atoms with E-state index in [1.807, 2.05) is 30.3 Å². The molecule has 3 aromatic carbocycles. The van der Waals surface area contributed by atoms with Crippen LogP contribution in [0.5, 0.6) is 5.75 Å². The van der Waals surface area contributed by atoms with Crippen molar-refractivity contribution in [1.82, 2.24) is 9.21 Å². The molecule has 0 fully saturated rings. The Labute approximate surface area is 206 Å². The van der Waals surface area contributed by atoms with Crippen LogP contribution in [0.3, 0.4) is 0 Å². The molecule has 6 nitrogen and oxygen atoms in total. The Balaban J connectivity index is 1.74. The minimum Gasteiger partial charge on any atom is -0.491 e. The Morgan fingerprint density at radius 2 is 1.57 bits per heavy atom. The number of nitrogens with zero attached hydrogens (tertiary/aromatic N) is 2. The summed E-state index contributed by atoms with van der Waals surface area (Å²) in [4.78, 5) is 14.6. The van der Waals surface area contributed by atoms with Crippen LogP contribution in [0.1, 0.15) is 28.8 Å². The second-order valence-electron chi connectivity index (χ2n) is 8.65. The molecule has 0 spiro atoms. The minimum atomic E-state index is -3.93. The van der Waals surface area contributed by atoms with Crippen molar-refractivity contribution < 1.29 is 22.3 Å². The maximum absolute atomic E-state index is 13.8. The number of carbonyl (C=O) groups is 1. The van der Waals surface area contributed by atoms with E-state index in [4.69, 9.17) is 4.74 Å². The summed E-state index contributed by atoms with van der Waals surface area (Å²) < 4.78 is 48.7. The number of rotatable bonds is 4. The summed E-state index contributed by atoms with van der Waals surface area (Å²) in [6.07, 6.45) is 1.63. The zero-order valence-corrected chi connectivity index (χ0v) is 20.5. The predicted molar refractivity (Wildman–Crippen MR) is 132 cm³/mol. The van der Waals surface area contributed by atoms with Crippen LogP contribution in [0.4, 0.5) is 4.39 Å². The molecule has 8 heteroatoms. The van der Waals surface area contributed by atoms with Crippen molar-refractivity contribution in [3.05, 3.63) is 95.8 Å². The normalized spacial score (nSPS) is 18.2. The van der Waals surface area contributed by atoms with Gasteiger partial charge in [-0.05, 0) is 61.2 Å². The summed E-state index contributed by atoms with van der Waals surface area (Å²) in [7, 11) is -2.20. The van der Waals surface area contributed by atoms with Crippen LogP contribution in [0.25, 0.3) is 0 Å². The number of hydrogen-bond donors (Lipinski definition) is 0. The lowest BCUT2D eigenvalue weighted by Gasteiger charge is -2.32. The molecule has 3 aromatic rings. The predicted octanol–water partition coefficient (Wildman–Crippen LogP) is 4.37. The highest BCUT2D eigenvalue weighted by Gasteiger charge is 2.33. The lowest BCUT2D eigenvalue weighted by Crippen LogP contribution is -2.46. The third-order valence-corrected chi connectivity index (χ3v) is 8.13. The number of sulfonamides is 1. The van der Waals surface area contributed by atoms with Gasteiger partial charge in [0.15, 0.2) is 0 Å². The second kappa shape index (κ2) is 11.0. The van der Waals surface area contributed by atoms with Gasteiger partial charge in [-0.1, -0.05) is 42.5 Å². The first kappa shape index (κ1) is 24.9. The van der Waals surface area contributed by atoms with Crippen LogP contribution < -0.4 is 4.74 Å². The smallest absolute Gasteiger partial charge is 0.257 e. The number of carbonyl (C=O) groups excluding carboxylic acids is 1. The molecule has 1 aliphatic rings. The standard InChI is InChI=1S/C27H29FN2O4S/c1-29-17-7-8-18-30(35(32,33)24-15-13-22(28)14-16-24)23(19-21-9-3-2-4-10-21)20-34-26-12-6-5-11-25(26)27(29)31/h2-6,9-16,23H,7-8,17-20H2,1H3/t23-/m0/s1. The van der Waals surface area contributed by atoms with Gasteiger partial charge in [0, 0.05) is 20.1 Å². The zero-order valence-electron chi connectivity index (χ0n) is 19.6. The molecule has 1 atom stereocenters. The lowest BCUT2D eigenvalue weighted by molar-refractivity contribution is 0.0781. The number of amides is 1. The highest BCUT2D eigenvalue weighted by molar-refractivity contribution is 7.89. The van der Waals surface area contributed by atoms with Crippen LogP contribution >= 0.6 is 0 Å². The highest BCUT2D eigenvalue weighted by Crippen LogP contribution is 2.25. The number of para-hydroxylation sites is 1. The fourth-order valence-electron chi connectivity index (χ4n) is 4.25. The van der Waals surface area contributed by atoms with Crippen molar-refractivity contribution >= 4 is 15.9 Å². The Kier molecular flexibility index (Phi) is 7.83. The summed E-state index contributed by atoms with van der Waals surface area (Å²) in [6.45, 7) is 0.800. The van der Waals surface area contributed by atoms with E-state index in [0.717, 1.165) is 17.7 Å². The van der Waals surface area contributed by atoms with Gasteiger partial charge in [0.05, 0.1) is 16.5 Å². The molecule has 0 aromatic heterocycles. The molecule has 0 aliphatic carbocycles. The summed E-state index contributed by atoms with van der Waals surface area (Å²) in [5.41, 5.74) is 1.42. The van der Waals surface area contributed by atoms with Crippen molar-refractivity contribution in [3.8, 4) is 5.75 Å². The van der Waals surface area contributed by atoms with Gasteiger partial charge in [0.2, 0.25) is 10.0 Å². The van der Waals surface area contributed by atoms with E-state index in [-0.39, 0.29) is 24.0 Å². The average Bonchev–Trinajstić information content (AvgIpc) is 2.86. The largest absolute Gasteiger partial charge is 0.491 e. The first-order valence-corrected chi connectivity index (χ1v) is 13.1. The monoisotopic (exact) mass is 496 g/mol. The van der Waals surface area contributed by atoms with Gasteiger partial charge in [-0.2, -0.15) is 4.31 Å². The molecule has 0 radical (unpaired) electrons. The molecule has 1 amide bonds. The molecular formula is C27H29FN2O4S. The van der Waals surface area contributed by atoms with E-state index in [0.29, 0.717) is 37.1 Å². The Morgan fingerprint density at radius 1 is 0.914 bits per heavy atom. The maximum Gasteiger partial charge on any atom is 0.257 e. The number of ether oxygens (including phenoxy) is 1. The first-order valence-electron chi connectivity index (χ1n) is 11.6. The topological polar surface area (TPSA) is 66.9 Å². The molecule has 1 heterocycles. The summed E-state index contributed by atoms with van der Waals surface area (Å²) >= 11 is 0. The van der Waals surface area contributed by atoms with Gasteiger partial charge in [0.1, 0.15) is 18.2 Å². The van der Waals surface area contributed by atoms with Gasteiger partial charge in [-0.25, -0.2) is 12.8 Å². The van der Waals surface area contributed by atoms with Crippen LogP contribution in [0.15, 0.2) is 83.8 Å². The summed E-state index contributed by atoms with van der Waals surface area (Å²) in [5.74, 6) is -0.204. The van der Waals surface area contributed by atoms with Crippen molar-refractivity contribution in [3.63, 3.8) is 0 Å². The molecule has 35 heavy (non-hydrogen) atoms. The zero-order chi connectivity index (χ0) is 24.8. The minimum absolute atomic E-state index is 0.0387. The summed E-state index contributed by atoms with van der Waals surface area (Å²) in [6, 6.07) is 21.0. The molecule has 1 aliphatic heterocycles. The molecule has 0 bridgehead atoms. The number of halogens is 1. The molecule has 0 N–H and O–H groups in total. The molecular weight excluding hydrogens is 467 g/mol.